The molecule has 0 spiro atoms. The average Bonchev–Trinajstić information content (AvgIpc) is 3.32. The van der Waals surface area contributed by atoms with E-state index in [1.165, 1.54) is 0 Å². The second-order valence-corrected chi connectivity index (χ2v) is 6.53. The average molecular weight is 349 g/mol. The van der Waals surface area contributed by atoms with Crippen LogP contribution in [0.4, 0.5) is 0 Å². The van der Waals surface area contributed by atoms with E-state index in [0.29, 0.717) is 17.3 Å². The zero-order valence-electron chi connectivity index (χ0n) is 14.2. The van der Waals surface area contributed by atoms with Gasteiger partial charge in [0.15, 0.2) is 0 Å². The van der Waals surface area contributed by atoms with Crippen LogP contribution in [0.3, 0.4) is 0 Å². The maximum absolute atomic E-state index is 10.9. The molecular weight excluding hydrogens is 330 g/mol. The van der Waals surface area contributed by atoms with Crippen LogP contribution in [-0.2, 0) is 6.54 Å². The van der Waals surface area contributed by atoms with Crippen molar-refractivity contribution in [2.75, 3.05) is 13.1 Å². The minimum Gasteiger partial charge on any atom is -0.478 e. The standard InChI is InChI=1S/C20H19N3O3/c24-20(25)16-8-6-14(7-9-16)12-23-11-10-17(13-23)19-22-21-18(26-19)15-4-2-1-3-5-15/h1-9,17H,10-13H2,(H,24,25)/t17-/m0/s1. The van der Waals surface area contributed by atoms with Gasteiger partial charge in [0.1, 0.15) is 0 Å². The van der Waals surface area contributed by atoms with Crippen LogP contribution in [0.1, 0.15) is 34.2 Å². The topological polar surface area (TPSA) is 79.5 Å². The molecule has 6 nitrogen and oxygen atoms in total. The van der Waals surface area contributed by atoms with E-state index in [1.54, 1.807) is 12.1 Å². The van der Waals surface area contributed by atoms with Crippen molar-refractivity contribution < 1.29 is 14.3 Å². The zero-order valence-corrected chi connectivity index (χ0v) is 14.2. The van der Waals surface area contributed by atoms with Gasteiger partial charge in [-0.15, -0.1) is 10.2 Å². The van der Waals surface area contributed by atoms with E-state index in [0.717, 1.165) is 37.2 Å². The van der Waals surface area contributed by atoms with E-state index in [2.05, 4.69) is 15.1 Å². The first-order valence-electron chi connectivity index (χ1n) is 8.62. The van der Waals surface area contributed by atoms with Gasteiger partial charge < -0.3 is 9.52 Å². The summed E-state index contributed by atoms with van der Waals surface area (Å²) in [6.45, 7) is 2.60. The summed E-state index contributed by atoms with van der Waals surface area (Å²) in [5.41, 5.74) is 2.35. The fourth-order valence-corrected chi connectivity index (χ4v) is 3.29. The van der Waals surface area contributed by atoms with Crippen molar-refractivity contribution in [3.05, 3.63) is 71.6 Å². The molecule has 1 saturated heterocycles. The van der Waals surface area contributed by atoms with Crippen molar-refractivity contribution in [1.82, 2.24) is 15.1 Å². The lowest BCUT2D eigenvalue weighted by molar-refractivity contribution is 0.0697. The molecule has 1 aromatic heterocycles. The van der Waals surface area contributed by atoms with E-state index >= 15 is 0 Å². The maximum atomic E-state index is 10.9. The highest BCUT2D eigenvalue weighted by atomic mass is 16.4. The number of hydrogen-bond donors (Lipinski definition) is 1. The Morgan fingerprint density at radius 3 is 2.62 bits per heavy atom. The molecule has 4 rings (SSSR count). The summed E-state index contributed by atoms with van der Waals surface area (Å²) in [5, 5.41) is 17.4. The van der Waals surface area contributed by atoms with Crippen LogP contribution in [0.15, 0.2) is 59.0 Å². The van der Waals surface area contributed by atoms with Crippen molar-refractivity contribution >= 4 is 5.97 Å². The minimum absolute atomic E-state index is 0.234. The number of benzene rings is 2. The minimum atomic E-state index is -0.900. The fourth-order valence-electron chi connectivity index (χ4n) is 3.29. The van der Waals surface area contributed by atoms with Crippen LogP contribution in [0.5, 0.6) is 0 Å². The molecular formula is C20H19N3O3. The predicted octanol–water partition coefficient (Wildman–Crippen LogP) is 3.42. The first-order valence-corrected chi connectivity index (χ1v) is 8.62. The van der Waals surface area contributed by atoms with Crippen LogP contribution in [0.25, 0.3) is 11.5 Å². The molecule has 132 valence electrons. The normalized spacial score (nSPS) is 17.5. The molecule has 0 bridgehead atoms. The Bertz CT molecular complexity index is 890. The number of aromatic nitrogens is 2. The number of carboxylic acids is 1. The zero-order chi connectivity index (χ0) is 17.9. The number of rotatable bonds is 5. The SMILES string of the molecule is O=C(O)c1ccc(CN2CC[C@H](c3nnc(-c4ccccc4)o3)C2)cc1. The first-order chi connectivity index (χ1) is 12.7. The van der Waals surface area contributed by atoms with Crippen molar-refractivity contribution in [2.24, 2.45) is 0 Å². The number of aromatic carboxylic acids is 1. The molecule has 0 radical (unpaired) electrons. The van der Waals surface area contributed by atoms with E-state index in [4.69, 9.17) is 9.52 Å². The van der Waals surface area contributed by atoms with E-state index in [-0.39, 0.29) is 5.92 Å². The third-order valence-corrected chi connectivity index (χ3v) is 4.69. The number of hydrogen-bond acceptors (Lipinski definition) is 5. The first kappa shape index (κ1) is 16.5. The van der Waals surface area contributed by atoms with Crippen LogP contribution >= 0.6 is 0 Å². The van der Waals surface area contributed by atoms with Crippen molar-refractivity contribution in [1.29, 1.82) is 0 Å². The molecule has 1 fully saturated rings. The predicted molar refractivity (Wildman–Crippen MR) is 95.8 cm³/mol. The quantitative estimate of drug-likeness (QED) is 0.760. The van der Waals surface area contributed by atoms with Gasteiger partial charge in [-0.3, -0.25) is 4.90 Å². The molecule has 2 heterocycles. The Kier molecular flexibility index (Phi) is 4.50. The summed E-state index contributed by atoms with van der Waals surface area (Å²) in [6, 6.07) is 16.8. The van der Waals surface area contributed by atoms with Gasteiger partial charge >= 0.3 is 5.97 Å². The molecule has 0 saturated carbocycles. The third-order valence-electron chi connectivity index (χ3n) is 4.69. The van der Waals surface area contributed by atoms with Gasteiger partial charge in [0.05, 0.1) is 11.5 Å². The lowest BCUT2D eigenvalue weighted by Crippen LogP contribution is -2.19. The van der Waals surface area contributed by atoms with Gasteiger partial charge in [-0.2, -0.15) is 0 Å². The lowest BCUT2D eigenvalue weighted by Gasteiger charge is -2.15. The monoisotopic (exact) mass is 349 g/mol. The van der Waals surface area contributed by atoms with E-state index in [1.807, 2.05) is 42.5 Å². The molecule has 26 heavy (non-hydrogen) atoms. The van der Waals surface area contributed by atoms with Gasteiger partial charge in [0.2, 0.25) is 11.8 Å². The highest BCUT2D eigenvalue weighted by molar-refractivity contribution is 5.87. The second-order valence-electron chi connectivity index (χ2n) is 6.53. The van der Waals surface area contributed by atoms with Gasteiger partial charge in [0, 0.05) is 18.7 Å². The molecule has 3 aromatic rings. The Hall–Kier alpha value is -2.99. The highest BCUT2D eigenvalue weighted by Gasteiger charge is 2.28. The molecule has 0 unspecified atom stereocenters. The summed E-state index contributed by atoms with van der Waals surface area (Å²) < 4.78 is 5.88. The van der Waals surface area contributed by atoms with Crippen LogP contribution in [0, 0.1) is 0 Å². The Morgan fingerprint density at radius 2 is 1.88 bits per heavy atom. The molecule has 1 aliphatic heterocycles. The summed E-state index contributed by atoms with van der Waals surface area (Å²) in [5.74, 6) is 0.581. The smallest absolute Gasteiger partial charge is 0.335 e. The van der Waals surface area contributed by atoms with Gasteiger partial charge in [-0.1, -0.05) is 30.3 Å². The number of carboxylic acid groups (broad SMARTS) is 1. The lowest BCUT2D eigenvalue weighted by atomic mass is 10.1. The number of carbonyl (C=O) groups is 1. The van der Waals surface area contributed by atoms with Gasteiger partial charge in [-0.25, -0.2) is 4.79 Å². The fraction of sp³-hybridized carbons (Fsp3) is 0.250. The Morgan fingerprint density at radius 1 is 1.12 bits per heavy atom. The van der Waals surface area contributed by atoms with Crippen molar-refractivity contribution in [3.63, 3.8) is 0 Å². The molecule has 6 heteroatoms. The largest absolute Gasteiger partial charge is 0.478 e. The molecule has 2 aromatic carbocycles. The van der Waals surface area contributed by atoms with Gasteiger partial charge in [-0.05, 0) is 42.8 Å². The number of nitrogens with zero attached hydrogens (tertiary/aromatic N) is 3. The maximum Gasteiger partial charge on any atom is 0.335 e. The molecule has 1 N–H and O–H groups in total. The molecule has 0 amide bonds. The molecule has 1 aliphatic rings. The van der Waals surface area contributed by atoms with Crippen molar-refractivity contribution in [3.8, 4) is 11.5 Å². The molecule has 0 aliphatic carbocycles. The van der Waals surface area contributed by atoms with Crippen molar-refractivity contribution in [2.45, 2.75) is 18.9 Å². The van der Waals surface area contributed by atoms with E-state index in [9.17, 15) is 4.79 Å². The number of likely N-dealkylation sites (tertiary alicyclic amines) is 1. The summed E-state index contributed by atoms with van der Waals surface area (Å²) in [4.78, 5) is 13.3. The summed E-state index contributed by atoms with van der Waals surface area (Å²) >= 11 is 0. The second kappa shape index (κ2) is 7.09. The summed E-state index contributed by atoms with van der Waals surface area (Å²) in [6.07, 6.45) is 0.976. The van der Waals surface area contributed by atoms with E-state index < -0.39 is 5.97 Å². The third kappa shape index (κ3) is 3.50. The van der Waals surface area contributed by atoms with Crippen LogP contribution in [-0.4, -0.2) is 39.3 Å². The summed E-state index contributed by atoms with van der Waals surface area (Å²) in [7, 11) is 0. The van der Waals surface area contributed by atoms with Gasteiger partial charge in [0.25, 0.3) is 0 Å². The Balaban J connectivity index is 1.39. The van der Waals surface area contributed by atoms with Crippen LogP contribution in [0.2, 0.25) is 0 Å². The van der Waals surface area contributed by atoms with Crippen LogP contribution < -0.4 is 0 Å². The molecule has 1 atom stereocenters. The Labute approximate surface area is 151 Å². The highest BCUT2D eigenvalue weighted by Crippen LogP contribution is 2.29.